The number of rotatable bonds is 6. The zero-order chi connectivity index (χ0) is 28.1. The van der Waals surface area contributed by atoms with Crippen LogP contribution < -0.4 is 5.32 Å². The molecule has 0 spiro atoms. The van der Waals surface area contributed by atoms with Crippen molar-refractivity contribution in [2.24, 2.45) is 0 Å². The van der Waals surface area contributed by atoms with Crippen molar-refractivity contribution in [3.63, 3.8) is 0 Å². The minimum Gasteiger partial charge on any atom is -0.347 e. The Hall–Kier alpha value is -3.99. The van der Waals surface area contributed by atoms with Gasteiger partial charge < -0.3 is 5.32 Å². The molecular weight excluding hydrogens is 556 g/mol. The number of nitrogens with zero attached hydrogens (tertiary/aromatic N) is 6. The highest BCUT2D eigenvalue weighted by Crippen LogP contribution is 2.30. The summed E-state index contributed by atoms with van der Waals surface area (Å²) >= 11 is 0. The van der Waals surface area contributed by atoms with Crippen molar-refractivity contribution in [2.75, 3.05) is 6.54 Å². The van der Waals surface area contributed by atoms with Crippen LogP contribution in [-0.2, 0) is 29.7 Å². The first-order chi connectivity index (χ1) is 18.4. The first-order valence-corrected chi connectivity index (χ1v) is 12.6. The third kappa shape index (κ3) is 4.82. The number of hydrogen-bond acceptors (Lipinski definition) is 6. The lowest BCUT2D eigenvalue weighted by Gasteiger charge is -2.26. The zero-order valence-corrected chi connectivity index (χ0v) is 20.3. The predicted molar refractivity (Wildman–Crippen MR) is 122 cm³/mol. The summed E-state index contributed by atoms with van der Waals surface area (Å²) in [5.74, 6) is -1.94. The first kappa shape index (κ1) is 26.6. The molecule has 0 atom stereocenters. The van der Waals surface area contributed by atoms with Gasteiger partial charge in [0.1, 0.15) is 28.7 Å². The number of amides is 1. The lowest BCUT2D eigenvalue weighted by atomic mass is 10.1. The molecule has 1 aliphatic heterocycles. The number of benzene rings is 1. The van der Waals surface area contributed by atoms with E-state index in [4.69, 9.17) is 0 Å². The van der Waals surface area contributed by atoms with E-state index in [-0.39, 0.29) is 51.5 Å². The van der Waals surface area contributed by atoms with Crippen molar-refractivity contribution in [1.29, 1.82) is 0 Å². The Morgan fingerprint density at radius 2 is 1.87 bits per heavy atom. The molecule has 0 saturated heterocycles. The van der Waals surface area contributed by atoms with E-state index in [9.17, 15) is 39.6 Å². The van der Waals surface area contributed by atoms with Crippen LogP contribution in [0.4, 0.5) is 26.3 Å². The fourth-order valence-corrected chi connectivity index (χ4v) is 4.99. The van der Waals surface area contributed by atoms with Gasteiger partial charge in [-0.05, 0) is 29.8 Å². The molecule has 4 aromatic rings. The maximum absolute atomic E-state index is 14.9. The van der Waals surface area contributed by atoms with Gasteiger partial charge in [-0.2, -0.15) is 22.6 Å². The molecule has 17 heteroatoms. The molecule has 0 saturated carbocycles. The van der Waals surface area contributed by atoms with E-state index in [0.717, 1.165) is 6.07 Å². The summed E-state index contributed by atoms with van der Waals surface area (Å²) in [5.41, 5.74) is -6.21. The molecule has 1 amide bonds. The Kier molecular flexibility index (Phi) is 6.58. The van der Waals surface area contributed by atoms with Gasteiger partial charge in [0.05, 0.1) is 18.7 Å². The van der Waals surface area contributed by atoms with Crippen molar-refractivity contribution in [3.05, 3.63) is 71.2 Å². The molecule has 0 unspecified atom stereocenters. The zero-order valence-electron chi connectivity index (χ0n) is 19.5. The van der Waals surface area contributed by atoms with Crippen molar-refractivity contribution in [2.45, 2.75) is 31.6 Å². The molecule has 0 bridgehead atoms. The molecule has 1 N–H and O–H groups in total. The summed E-state index contributed by atoms with van der Waals surface area (Å²) in [6, 6.07) is 8.34. The monoisotopic (exact) mass is 573 g/mol. The molecule has 10 nitrogen and oxygen atoms in total. The van der Waals surface area contributed by atoms with Crippen LogP contribution >= 0.6 is 0 Å². The number of pyridine rings is 1. The molecule has 206 valence electrons. The second-order valence-corrected chi connectivity index (χ2v) is 10.4. The maximum atomic E-state index is 14.9. The number of sulfonamides is 1. The van der Waals surface area contributed by atoms with E-state index in [1.807, 2.05) is 0 Å². The largest absolute Gasteiger partial charge is 0.511 e. The van der Waals surface area contributed by atoms with Gasteiger partial charge in [-0.15, -0.1) is 0 Å². The summed E-state index contributed by atoms with van der Waals surface area (Å²) < 4.78 is 107. The number of fused-ring (bicyclic) bond motifs is 2. The summed E-state index contributed by atoms with van der Waals surface area (Å²) in [5, 5.41) is 6.52. The SMILES string of the molecule is O=C(NCc1ccc(-c2nc3n(n2)CCN(S(=O)(=O)C(F)(F)F)C3)c(F)c1)c1c(C(F)F)nc2ccccn12. The van der Waals surface area contributed by atoms with E-state index >= 15 is 0 Å². The quantitative estimate of drug-likeness (QED) is 0.355. The number of nitrogens with one attached hydrogen (secondary N) is 1. The smallest absolute Gasteiger partial charge is 0.347 e. The summed E-state index contributed by atoms with van der Waals surface area (Å²) in [6.45, 7) is -1.62. The average molecular weight is 573 g/mol. The Morgan fingerprint density at radius 3 is 2.56 bits per heavy atom. The molecule has 0 fully saturated rings. The highest BCUT2D eigenvalue weighted by Gasteiger charge is 2.50. The van der Waals surface area contributed by atoms with Crippen LogP contribution in [0.1, 0.15) is 34.0 Å². The van der Waals surface area contributed by atoms with Gasteiger partial charge >= 0.3 is 15.5 Å². The number of carbonyl (C=O) groups excluding carboxylic acids is 1. The molecule has 39 heavy (non-hydrogen) atoms. The van der Waals surface area contributed by atoms with Gasteiger partial charge in [0.25, 0.3) is 12.3 Å². The van der Waals surface area contributed by atoms with Gasteiger partial charge in [-0.3, -0.25) is 9.20 Å². The Labute approximate surface area is 215 Å². The molecule has 0 aliphatic carbocycles. The molecule has 4 heterocycles. The van der Waals surface area contributed by atoms with Gasteiger partial charge in [0, 0.05) is 19.3 Å². The van der Waals surface area contributed by atoms with Gasteiger partial charge in [-0.25, -0.2) is 36.2 Å². The Bertz CT molecular complexity index is 1680. The Balaban J connectivity index is 1.32. The van der Waals surface area contributed by atoms with Crippen molar-refractivity contribution >= 4 is 21.6 Å². The summed E-state index contributed by atoms with van der Waals surface area (Å²) in [6.07, 6.45) is -1.59. The third-order valence-electron chi connectivity index (χ3n) is 5.97. The number of aromatic nitrogens is 5. The van der Waals surface area contributed by atoms with Crippen molar-refractivity contribution in [3.8, 4) is 11.4 Å². The van der Waals surface area contributed by atoms with Gasteiger partial charge in [0.2, 0.25) is 0 Å². The van der Waals surface area contributed by atoms with Crippen LogP contribution in [0.2, 0.25) is 0 Å². The molecule has 0 radical (unpaired) electrons. The van der Waals surface area contributed by atoms with E-state index in [1.165, 1.54) is 33.5 Å². The van der Waals surface area contributed by atoms with E-state index in [0.29, 0.717) is 0 Å². The third-order valence-corrected chi connectivity index (χ3v) is 7.54. The van der Waals surface area contributed by atoms with Crippen LogP contribution in [0.3, 0.4) is 0 Å². The number of carbonyl (C=O) groups is 1. The summed E-state index contributed by atoms with van der Waals surface area (Å²) in [7, 11) is -5.56. The van der Waals surface area contributed by atoms with Crippen LogP contribution in [0, 0.1) is 5.82 Å². The second kappa shape index (κ2) is 9.64. The number of alkyl halides is 5. The van der Waals surface area contributed by atoms with E-state index < -0.39 is 52.5 Å². The number of imidazole rings is 1. The van der Waals surface area contributed by atoms with Crippen LogP contribution in [-0.4, -0.2) is 54.8 Å². The molecule has 3 aromatic heterocycles. The minimum absolute atomic E-state index is 0.0947. The fraction of sp³-hybridized carbons (Fsp3) is 0.273. The van der Waals surface area contributed by atoms with E-state index in [1.54, 1.807) is 12.1 Å². The number of halogens is 6. The van der Waals surface area contributed by atoms with Crippen LogP contribution in [0.15, 0.2) is 42.6 Å². The normalized spacial score (nSPS) is 14.6. The lowest BCUT2D eigenvalue weighted by molar-refractivity contribution is -0.0496. The lowest BCUT2D eigenvalue weighted by Crippen LogP contribution is -2.44. The first-order valence-electron chi connectivity index (χ1n) is 11.2. The van der Waals surface area contributed by atoms with Crippen LogP contribution in [0.25, 0.3) is 17.0 Å². The van der Waals surface area contributed by atoms with Gasteiger partial charge in [0.15, 0.2) is 5.82 Å². The minimum atomic E-state index is -5.56. The molecular formula is C22H17F6N7O3S. The van der Waals surface area contributed by atoms with E-state index in [2.05, 4.69) is 20.4 Å². The van der Waals surface area contributed by atoms with Crippen molar-refractivity contribution in [1.82, 2.24) is 33.8 Å². The molecule has 1 aliphatic rings. The van der Waals surface area contributed by atoms with Crippen LogP contribution in [0.5, 0.6) is 0 Å². The average Bonchev–Trinajstić information content (AvgIpc) is 3.48. The van der Waals surface area contributed by atoms with Crippen molar-refractivity contribution < 1.29 is 39.6 Å². The maximum Gasteiger partial charge on any atom is 0.511 e. The molecule has 5 rings (SSSR count). The predicted octanol–water partition coefficient (Wildman–Crippen LogP) is 3.26. The Morgan fingerprint density at radius 1 is 1.10 bits per heavy atom. The highest BCUT2D eigenvalue weighted by atomic mass is 32.2. The second-order valence-electron chi connectivity index (χ2n) is 8.43. The van der Waals surface area contributed by atoms with Gasteiger partial charge in [-0.1, -0.05) is 12.1 Å². The number of hydrogen-bond donors (Lipinski definition) is 1. The highest BCUT2D eigenvalue weighted by molar-refractivity contribution is 7.89. The molecule has 1 aromatic carbocycles. The topological polar surface area (TPSA) is 114 Å². The standard InChI is InChI=1S/C22H17F6N7O3S/c23-14-9-12(10-29-21(36)18-17(19(24)25)30-15-3-1-2-6-34(15)18)4-5-13(14)20-31-16-11-33(7-8-35(16)32-20)39(37,38)22(26,27)28/h1-6,9,19H,7-8,10-11H2,(H,29,36). The fourth-order valence-electron chi connectivity index (χ4n) is 4.09. The summed E-state index contributed by atoms with van der Waals surface area (Å²) in [4.78, 5) is 20.5.